The zero-order valence-electron chi connectivity index (χ0n) is 6.46. The zero-order valence-corrected chi connectivity index (χ0v) is 6.46. The summed E-state index contributed by atoms with van der Waals surface area (Å²) in [6, 6.07) is 0. The Hall–Kier alpha value is -0.140. The van der Waals surface area contributed by atoms with Crippen molar-refractivity contribution in [1.29, 1.82) is 0 Å². The Morgan fingerprint density at radius 3 is 1.33 bits per heavy atom. The zero-order chi connectivity index (χ0) is 7.71. The molecule has 0 rings (SSSR count). The molecule has 2 heteroatoms. The second kappa shape index (κ2) is 2.24. The summed E-state index contributed by atoms with van der Waals surface area (Å²) in [5.41, 5.74) is -0.266. The second-order valence-corrected chi connectivity index (χ2v) is 3.81. The molecule has 0 atom stereocenters. The van der Waals surface area contributed by atoms with Crippen LogP contribution >= 0.6 is 0 Å². The highest BCUT2D eigenvalue weighted by Crippen LogP contribution is 2.30. The normalized spacial score (nSPS) is 14.0. The molecule has 0 N–H and O–H groups in total. The van der Waals surface area contributed by atoms with Crippen LogP contribution in [0.3, 0.4) is 0 Å². The lowest BCUT2D eigenvalue weighted by Crippen LogP contribution is -2.20. The fourth-order valence-electron chi connectivity index (χ4n) is 0.931. The van der Waals surface area contributed by atoms with Crippen molar-refractivity contribution in [2.24, 2.45) is 5.41 Å². The van der Waals surface area contributed by atoms with Crippen LogP contribution < -0.4 is 0 Å². The quantitative estimate of drug-likeness (QED) is 0.519. The van der Waals surface area contributed by atoms with Gasteiger partial charge in [0.15, 0.2) is 0 Å². The van der Waals surface area contributed by atoms with Gasteiger partial charge in [0.05, 0.1) is 0 Å². The SMILES string of the molecule is CC(C)(C)CC(C)(F)F. The van der Waals surface area contributed by atoms with Crippen molar-refractivity contribution in [2.75, 3.05) is 0 Å². The van der Waals surface area contributed by atoms with Gasteiger partial charge in [-0.15, -0.1) is 0 Å². The molecule has 0 unspecified atom stereocenters. The van der Waals surface area contributed by atoms with Gasteiger partial charge in [0.25, 0.3) is 0 Å². The Morgan fingerprint density at radius 2 is 1.33 bits per heavy atom. The summed E-state index contributed by atoms with van der Waals surface area (Å²) < 4.78 is 24.4. The van der Waals surface area contributed by atoms with Crippen LogP contribution in [0.1, 0.15) is 34.1 Å². The summed E-state index contributed by atoms with van der Waals surface area (Å²) in [6.45, 7) is 6.39. The maximum atomic E-state index is 12.2. The Kier molecular flexibility index (Phi) is 2.20. The average Bonchev–Trinajstić information content (AvgIpc) is 1.14. The highest BCUT2D eigenvalue weighted by Gasteiger charge is 2.28. The van der Waals surface area contributed by atoms with Crippen molar-refractivity contribution in [1.82, 2.24) is 0 Å². The van der Waals surface area contributed by atoms with Crippen LogP contribution in [0.4, 0.5) is 8.78 Å². The van der Waals surface area contributed by atoms with Crippen molar-refractivity contribution in [3.8, 4) is 0 Å². The van der Waals surface area contributed by atoms with Crippen LogP contribution in [0, 0.1) is 5.41 Å². The van der Waals surface area contributed by atoms with Crippen LogP contribution in [-0.2, 0) is 0 Å². The molecule has 0 heterocycles. The molecule has 0 amide bonds. The molecule has 0 saturated carbocycles. The molecule has 0 aromatic rings. The molecule has 56 valence electrons. The van der Waals surface area contributed by atoms with Crippen molar-refractivity contribution in [2.45, 2.75) is 40.0 Å². The molecule has 0 nitrogen and oxygen atoms in total. The first-order valence-electron chi connectivity index (χ1n) is 3.09. The smallest absolute Gasteiger partial charge is 0.207 e. The lowest BCUT2D eigenvalue weighted by Gasteiger charge is -2.22. The van der Waals surface area contributed by atoms with Crippen molar-refractivity contribution in [3.05, 3.63) is 0 Å². The summed E-state index contributed by atoms with van der Waals surface area (Å²) in [5, 5.41) is 0. The van der Waals surface area contributed by atoms with Gasteiger partial charge in [0.2, 0.25) is 5.92 Å². The van der Waals surface area contributed by atoms with E-state index in [0.717, 1.165) is 6.92 Å². The second-order valence-electron chi connectivity index (χ2n) is 3.81. The molecule has 0 aliphatic carbocycles. The third-order valence-electron chi connectivity index (χ3n) is 0.841. The maximum Gasteiger partial charge on any atom is 0.245 e. The Bertz CT molecular complexity index is 72.1. The van der Waals surface area contributed by atoms with Crippen molar-refractivity contribution < 1.29 is 8.78 Å². The molecular weight excluding hydrogens is 122 g/mol. The number of rotatable bonds is 1. The number of hydrogen-bond acceptors (Lipinski definition) is 0. The summed E-state index contributed by atoms with van der Waals surface area (Å²) in [4.78, 5) is 0. The lowest BCUT2D eigenvalue weighted by atomic mass is 9.89. The van der Waals surface area contributed by atoms with Crippen LogP contribution in [0.2, 0.25) is 0 Å². The lowest BCUT2D eigenvalue weighted by molar-refractivity contribution is -0.0168. The predicted octanol–water partition coefficient (Wildman–Crippen LogP) is 3.08. The molecule has 0 aromatic heterocycles. The van der Waals surface area contributed by atoms with Gasteiger partial charge in [-0.25, -0.2) is 8.78 Å². The molecule has 0 spiro atoms. The van der Waals surface area contributed by atoms with E-state index in [-0.39, 0.29) is 11.8 Å². The minimum atomic E-state index is -2.52. The average molecular weight is 136 g/mol. The van der Waals surface area contributed by atoms with Crippen molar-refractivity contribution >= 4 is 0 Å². The van der Waals surface area contributed by atoms with Crippen molar-refractivity contribution in [3.63, 3.8) is 0 Å². The summed E-state index contributed by atoms with van der Waals surface area (Å²) >= 11 is 0. The number of alkyl halides is 2. The van der Waals surface area contributed by atoms with Crippen LogP contribution in [-0.4, -0.2) is 5.92 Å². The van der Waals surface area contributed by atoms with E-state index in [0.29, 0.717) is 0 Å². The summed E-state index contributed by atoms with van der Waals surface area (Å²) in [6.07, 6.45) is -0.0417. The number of hydrogen-bond donors (Lipinski definition) is 0. The summed E-state index contributed by atoms with van der Waals surface area (Å²) in [5.74, 6) is -2.52. The standard InChI is InChI=1S/C7H14F2/c1-6(2,3)5-7(4,8)9/h5H2,1-4H3. The van der Waals surface area contributed by atoms with E-state index in [1.54, 1.807) is 0 Å². The first-order chi connectivity index (χ1) is 3.71. The van der Waals surface area contributed by atoms with Gasteiger partial charge in [-0.3, -0.25) is 0 Å². The highest BCUT2D eigenvalue weighted by molar-refractivity contribution is 4.69. The van der Waals surface area contributed by atoms with E-state index in [9.17, 15) is 8.78 Å². The predicted molar refractivity (Wildman–Crippen MR) is 34.7 cm³/mol. The topological polar surface area (TPSA) is 0 Å². The van der Waals surface area contributed by atoms with Gasteiger partial charge >= 0.3 is 0 Å². The molecule has 0 aliphatic rings. The first-order valence-corrected chi connectivity index (χ1v) is 3.09. The number of halogens is 2. The van der Waals surface area contributed by atoms with Gasteiger partial charge in [-0.05, 0) is 12.3 Å². The fourth-order valence-corrected chi connectivity index (χ4v) is 0.931. The van der Waals surface area contributed by atoms with Crippen LogP contribution in [0.15, 0.2) is 0 Å². The molecule has 0 bridgehead atoms. The van der Waals surface area contributed by atoms with Gasteiger partial charge < -0.3 is 0 Å². The largest absolute Gasteiger partial charge is 0.245 e. The van der Waals surface area contributed by atoms with E-state index in [1.165, 1.54) is 0 Å². The third kappa shape index (κ3) is 7.86. The Morgan fingerprint density at radius 1 is 1.00 bits per heavy atom. The van der Waals surface area contributed by atoms with E-state index < -0.39 is 5.92 Å². The Labute approximate surface area is 55.3 Å². The molecule has 0 saturated heterocycles. The molecule has 0 fully saturated rings. The molecular formula is C7H14F2. The molecule has 9 heavy (non-hydrogen) atoms. The maximum absolute atomic E-state index is 12.2. The van der Waals surface area contributed by atoms with E-state index in [1.807, 2.05) is 20.8 Å². The van der Waals surface area contributed by atoms with Crippen LogP contribution in [0.25, 0.3) is 0 Å². The molecule has 0 radical (unpaired) electrons. The Balaban J connectivity index is 3.75. The van der Waals surface area contributed by atoms with Gasteiger partial charge in [-0.2, -0.15) is 0 Å². The van der Waals surface area contributed by atoms with E-state index in [2.05, 4.69) is 0 Å². The van der Waals surface area contributed by atoms with E-state index in [4.69, 9.17) is 0 Å². The minimum Gasteiger partial charge on any atom is -0.207 e. The first kappa shape index (κ1) is 8.86. The van der Waals surface area contributed by atoms with E-state index >= 15 is 0 Å². The molecule has 0 aliphatic heterocycles. The minimum absolute atomic E-state index is 0.0417. The fraction of sp³-hybridized carbons (Fsp3) is 1.00. The highest BCUT2D eigenvalue weighted by atomic mass is 19.3. The van der Waals surface area contributed by atoms with Gasteiger partial charge in [0.1, 0.15) is 0 Å². The summed E-state index contributed by atoms with van der Waals surface area (Å²) in [7, 11) is 0. The monoisotopic (exact) mass is 136 g/mol. The third-order valence-corrected chi connectivity index (χ3v) is 0.841. The molecule has 0 aromatic carbocycles. The van der Waals surface area contributed by atoms with Gasteiger partial charge in [0, 0.05) is 6.42 Å². The van der Waals surface area contributed by atoms with Gasteiger partial charge in [-0.1, -0.05) is 20.8 Å². The van der Waals surface area contributed by atoms with Crippen LogP contribution in [0.5, 0.6) is 0 Å².